The first kappa shape index (κ1) is 59.8. The molecule has 2 rings (SSSR count). The number of esters is 2. The van der Waals surface area contributed by atoms with E-state index in [-0.39, 0.29) is 19.4 Å². The maximum Gasteiger partial charge on any atom is 0.306 e. The predicted molar refractivity (Wildman–Crippen MR) is 252 cm³/mol. The van der Waals surface area contributed by atoms with E-state index in [0.29, 0.717) is 12.8 Å². The molecular formula is C51H90O15. The molecule has 0 spiro atoms. The van der Waals surface area contributed by atoms with Gasteiger partial charge in [-0.2, -0.15) is 0 Å². The maximum atomic E-state index is 13.0. The lowest BCUT2D eigenvalue weighted by Crippen LogP contribution is -2.61. The van der Waals surface area contributed by atoms with E-state index in [0.717, 1.165) is 57.8 Å². The molecule has 66 heavy (non-hydrogen) atoms. The Morgan fingerprint density at radius 2 is 0.909 bits per heavy atom. The highest BCUT2D eigenvalue weighted by atomic mass is 16.7. The summed E-state index contributed by atoms with van der Waals surface area (Å²) in [5.74, 6) is -0.967. The predicted octanol–water partition coefficient (Wildman–Crippen LogP) is 6.93. The first-order chi connectivity index (χ1) is 32.0. The van der Waals surface area contributed by atoms with Crippen LogP contribution in [-0.2, 0) is 38.0 Å². The summed E-state index contributed by atoms with van der Waals surface area (Å²) in [6.07, 6.45) is 23.2. The zero-order valence-electron chi connectivity index (χ0n) is 40.4. The highest BCUT2D eigenvalue weighted by Gasteiger charge is 2.47. The van der Waals surface area contributed by atoms with Gasteiger partial charge in [0.1, 0.15) is 55.4 Å². The number of rotatable bonds is 39. The van der Waals surface area contributed by atoms with Gasteiger partial charge in [0.15, 0.2) is 18.7 Å². The summed E-state index contributed by atoms with van der Waals surface area (Å²) in [6.45, 7) is 2.53. The summed E-state index contributed by atoms with van der Waals surface area (Å²) >= 11 is 0. The van der Waals surface area contributed by atoms with Gasteiger partial charge in [-0.1, -0.05) is 140 Å². The Morgan fingerprint density at radius 1 is 0.485 bits per heavy atom. The summed E-state index contributed by atoms with van der Waals surface area (Å²) in [7, 11) is 0. The molecule has 7 N–H and O–H groups in total. The molecule has 2 saturated heterocycles. The quantitative estimate of drug-likeness (QED) is 0.0143. The minimum atomic E-state index is -1.77. The minimum absolute atomic E-state index is 0.144. The standard InChI is InChI=1S/C51H90O15/c1-3-5-7-9-11-13-15-17-19-21-23-25-27-29-31-33-42(53)61-36-39(64-43(54)34-32-30-28-26-24-22-20-18-16-14-12-10-8-6-4-2)37-62-50-49(60)47(58)45(56)41(66-50)38-63-51-48(59)46(57)44(55)40(35-52)65-51/h14,16,18,20,23,25,39-41,44-52,55-60H,3-13,15,17,19,21-22,24,26-38H2,1-2H3/b16-14+,20-18+,25-23+/t39-,40-,41-,44+,45+,46?,47?,48?,49?,50-,51-/m1/s1. The monoisotopic (exact) mass is 943 g/mol. The van der Waals surface area contributed by atoms with Gasteiger partial charge in [-0.25, -0.2) is 0 Å². The smallest absolute Gasteiger partial charge is 0.306 e. The number of aliphatic hydroxyl groups excluding tert-OH is 7. The van der Waals surface area contributed by atoms with Crippen LogP contribution in [0.2, 0.25) is 0 Å². The van der Waals surface area contributed by atoms with Gasteiger partial charge in [0, 0.05) is 12.8 Å². The number of ether oxygens (including phenoxy) is 6. The fraction of sp³-hybridized carbons (Fsp3) is 0.843. The summed E-state index contributed by atoms with van der Waals surface area (Å²) in [5.41, 5.74) is 0. The first-order valence-electron chi connectivity index (χ1n) is 25.6. The average molecular weight is 943 g/mol. The molecule has 2 aliphatic rings. The fourth-order valence-corrected chi connectivity index (χ4v) is 7.85. The second-order valence-electron chi connectivity index (χ2n) is 18.0. The van der Waals surface area contributed by atoms with Crippen LogP contribution in [0.3, 0.4) is 0 Å². The molecule has 0 bridgehead atoms. The minimum Gasteiger partial charge on any atom is -0.462 e. The molecule has 15 nitrogen and oxygen atoms in total. The Morgan fingerprint density at radius 3 is 1.47 bits per heavy atom. The van der Waals surface area contributed by atoms with Crippen molar-refractivity contribution in [3.8, 4) is 0 Å². The average Bonchev–Trinajstić information content (AvgIpc) is 3.31. The molecule has 2 heterocycles. The van der Waals surface area contributed by atoms with Crippen molar-refractivity contribution in [2.45, 2.75) is 248 Å². The lowest BCUT2D eigenvalue weighted by molar-refractivity contribution is -0.332. The van der Waals surface area contributed by atoms with E-state index in [1.807, 2.05) is 0 Å². The number of allylic oxidation sites excluding steroid dienone is 6. The van der Waals surface area contributed by atoms with Crippen LogP contribution in [-0.4, -0.2) is 142 Å². The van der Waals surface area contributed by atoms with Gasteiger partial charge in [-0.3, -0.25) is 9.59 Å². The van der Waals surface area contributed by atoms with Crippen molar-refractivity contribution in [1.82, 2.24) is 0 Å². The Balaban J connectivity index is 1.83. The molecule has 0 aromatic rings. The second kappa shape index (κ2) is 38.6. The van der Waals surface area contributed by atoms with E-state index < -0.39 is 99.3 Å². The van der Waals surface area contributed by atoms with Gasteiger partial charge in [0.05, 0.1) is 19.8 Å². The summed E-state index contributed by atoms with van der Waals surface area (Å²) in [4.78, 5) is 25.7. The molecule has 0 aromatic carbocycles. The zero-order chi connectivity index (χ0) is 48.2. The normalized spacial score (nSPS) is 26.4. The highest BCUT2D eigenvalue weighted by molar-refractivity contribution is 5.70. The highest BCUT2D eigenvalue weighted by Crippen LogP contribution is 2.26. The number of hydrogen-bond acceptors (Lipinski definition) is 15. The number of carbonyl (C=O) groups excluding carboxylic acids is 2. The molecule has 0 aromatic heterocycles. The zero-order valence-corrected chi connectivity index (χ0v) is 40.4. The molecule has 2 aliphatic heterocycles. The largest absolute Gasteiger partial charge is 0.462 e. The molecule has 4 unspecified atom stereocenters. The molecule has 2 fully saturated rings. The van der Waals surface area contributed by atoms with Crippen LogP contribution in [0, 0.1) is 0 Å². The van der Waals surface area contributed by atoms with E-state index in [9.17, 15) is 45.3 Å². The van der Waals surface area contributed by atoms with Crippen LogP contribution in [0.5, 0.6) is 0 Å². The molecule has 0 saturated carbocycles. The summed E-state index contributed by atoms with van der Waals surface area (Å²) < 4.78 is 33.5. The lowest BCUT2D eigenvalue weighted by atomic mass is 9.98. The number of unbranched alkanes of at least 4 members (excludes halogenated alkanes) is 20. The lowest BCUT2D eigenvalue weighted by Gasteiger charge is -2.42. The van der Waals surface area contributed by atoms with Gasteiger partial charge < -0.3 is 64.2 Å². The van der Waals surface area contributed by atoms with Gasteiger partial charge in [-0.05, 0) is 64.2 Å². The third kappa shape index (κ3) is 26.5. The third-order valence-electron chi connectivity index (χ3n) is 12.1. The van der Waals surface area contributed by atoms with Crippen LogP contribution < -0.4 is 0 Å². The van der Waals surface area contributed by atoms with Crippen LogP contribution in [0.15, 0.2) is 36.5 Å². The molecule has 15 heteroatoms. The fourth-order valence-electron chi connectivity index (χ4n) is 7.85. The topological polar surface area (TPSA) is 231 Å². The van der Waals surface area contributed by atoms with Crippen molar-refractivity contribution < 1.29 is 73.8 Å². The molecule has 384 valence electrons. The van der Waals surface area contributed by atoms with Crippen molar-refractivity contribution in [1.29, 1.82) is 0 Å². The molecular weight excluding hydrogens is 853 g/mol. The number of carbonyl (C=O) groups is 2. The van der Waals surface area contributed by atoms with E-state index in [1.54, 1.807) is 0 Å². The van der Waals surface area contributed by atoms with Gasteiger partial charge in [0.2, 0.25) is 0 Å². The van der Waals surface area contributed by atoms with E-state index in [1.165, 1.54) is 83.5 Å². The van der Waals surface area contributed by atoms with Gasteiger partial charge >= 0.3 is 11.9 Å². The van der Waals surface area contributed by atoms with Crippen LogP contribution >= 0.6 is 0 Å². The molecule has 11 atom stereocenters. The Labute approximate surface area is 395 Å². The van der Waals surface area contributed by atoms with Crippen molar-refractivity contribution in [2.24, 2.45) is 0 Å². The van der Waals surface area contributed by atoms with E-state index in [4.69, 9.17) is 28.4 Å². The van der Waals surface area contributed by atoms with Crippen LogP contribution in [0.1, 0.15) is 181 Å². The summed E-state index contributed by atoms with van der Waals surface area (Å²) in [5, 5.41) is 72.0. The molecule has 0 amide bonds. The van der Waals surface area contributed by atoms with Gasteiger partial charge in [-0.15, -0.1) is 0 Å². The van der Waals surface area contributed by atoms with Crippen molar-refractivity contribution >= 4 is 11.9 Å². The Hall–Kier alpha value is -2.28. The van der Waals surface area contributed by atoms with Crippen LogP contribution in [0.25, 0.3) is 0 Å². The van der Waals surface area contributed by atoms with Crippen LogP contribution in [0.4, 0.5) is 0 Å². The number of hydrogen-bond donors (Lipinski definition) is 7. The Bertz CT molecular complexity index is 1290. The SMILES string of the molecule is CCCCCC/C=C/C=C/CCCCCCCC(=O)O[C@H](COC(=O)CCCC/C=C/CCCCCCCCCCC)CO[C@@H]1O[C@H](CO[C@@H]2O[C@H](CO)[C@H](O)C(O)C2O)[C@H](O)C(O)C1O. The molecule has 0 aliphatic carbocycles. The van der Waals surface area contributed by atoms with E-state index >= 15 is 0 Å². The first-order valence-corrected chi connectivity index (χ1v) is 25.6. The molecule has 0 radical (unpaired) electrons. The van der Waals surface area contributed by atoms with Crippen molar-refractivity contribution in [3.63, 3.8) is 0 Å². The third-order valence-corrected chi connectivity index (χ3v) is 12.1. The van der Waals surface area contributed by atoms with E-state index in [2.05, 4.69) is 50.3 Å². The maximum absolute atomic E-state index is 13.0. The Kier molecular flexibility index (Phi) is 35.0. The summed E-state index contributed by atoms with van der Waals surface area (Å²) in [6, 6.07) is 0. The number of aliphatic hydroxyl groups is 7. The van der Waals surface area contributed by atoms with Crippen molar-refractivity contribution in [2.75, 3.05) is 26.4 Å². The van der Waals surface area contributed by atoms with Gasteiger partial charge in [0.25, 0.3) is 0 Å². The van der Waals surface area contributed by atoms with Crippen molar-refractivity contribution in [3.05, 3.63) is 36.5 Å². The second-order valence-corrected chi connectivity index (χ2v) is 18.0.